The molecule has 7 heteroatoms. The van der Waals surface area contributed by atoms with Crippen molar-refractivity contribution in [3.05, 3.63) is 32.8 Å². The maximum atomic E-state index is 11.5. The fourth-order valence-corrected chi connectivity index (χ4v) is 1.56. The molecule has 15 heavy (non-hydrogen) atoms. The van der Waals surface area contributed by atoms with E-state index in [0.29, 0.717) is 10.3 Å². The van der Waals surface area contributed by atoms with Crippen molar-refractivity contribution < 1.29 is 9.53 Å². The van der Waals surface area contributed by atoms with Gasteiger partial charge in [-0.05, 0) is 15.9 Å². The minimum absolute atomic E-state index is 0.0994. The molecule has 0 saturated carbocycles. The quantitative estimate of drug-likeness (QED) is 0.770. The predicted molar refractivity (Wildman–Crippen MR) is 54.9 cm³/mol. The van der Waals surface area contributed by atoms with E-state index in [0.717, 1.165) is 10.6 Å². The lowest BCUT2D eigenvalue weighted by Gasteiger charge is -1.99. The number of hydrogen-bond donors (Lipinski definition) is 1. The van der Waals surface area contributed by atoms with Gasteiger partial charge in [-0.1, -0.05) is 0 Å². The highest BCUT2D eigenvalue weighted by atomic mass is 79.9. The third-order valence-corrected chi connectivity index (χ3v) is 2.21. The third-order valence-electron chi connectivity index (χ3n) is 1.82. The van der Waals surface area contributed by atoms with Crippen LogP contribution in [0.2, 0.25) is 0 Å². The van der Waals surface area contributed by atoms with Crippen LogP contribution in [0.25, 0.3) is 5.65 Å². The van der Waals surface area contributed by atoms with Gasteiger partial charge in [0.05, 0.1) is 7.11 Å². The van der Waals surface area contributed by atoms with Crippen LogP contribution in [-0.4, -0.2) is 27.7 Å². The van der Waals surface area contributed by atoms with E-state index < -0.39 is 11.5 Å². The zero-order valence-electron chi connectivity index (χ0n) is 7.65. The van der Waals surface area contributed by atoms with E-state index in [-0.39, 0.29) is 5.69 Å². The Balaban J connectivity index is 2.72. The highest BCUT2D eigenvalue weighted by Gasteiger charge is 2.10. The Morgan fingerprint density at radius 1 is 1.60 bits per heavy atom. The lowest BCUT2D eigenvalue weighted by atomic mass is 10.4. The van der Waals surface area contributed by atoms with E-state index in [4.69, 9.17) is 0 Å². The Morgan fingerprint density at radius 2 is 2.33 bits per heavy atom. The first-order valence-corrected chi connectivity index (χ1v) is 4.78. The number of aromatic nitrogens is 3. The standard InChI is InChI=1S/C8H6BrN3O3/c1-15-8(14)4-2-7(13)12-6(10-4)3-5(9)11-12/h2-3,10H,1H3. The van der Waals surface area contributed by atoms with Crippen molar-refractivity contribution in [2.24, 2.45) is 0 Å². The molecule has 0 aliphatic heterocycles. The van der Waals surface area contributed by atoms with Gasteiger partial charge in [0, 0.05) is 12.1 Å². The number of carbonyl (C=O) groups is 1. The van der Waals surface area contributed by atoms with E-state index in [9.17, 15) is 9.59 Å². The van der Waals surface area contributed by atoms with Crippen molar-refractivity contribution in [2.45, 2.75) is 0 Å². The molecular weight excluding hydrogens is 266 g/mol. The molecule has 1 N–H and O–H groups in total. The Bertz CT molecular complexity index is 586. The molecule has 0 aromatic carbocycles. The van der Waals surface area contributed by atoms with Gasteiger partial charge in [0.15, 0.2) is 0 Å². The van der Waals surface area contributed by atoms with Gasteiger partial charge in [0.2, 0.25) is 0 Å². The Hall–Kier alpha value is -1.63. The number of fused-ring (bicyclic) bond motifs is 1. The number of halogens is 1. The van der Waals surface area contributed by atoms with Crippen molar-refractivity contribution in [2.75, 3.05) is 7.11 Å². The average molecular weight is 272 g/mol. The Kier molecular flexibility index (Phi) is 2.31. The number of nitrogens with zero attached hydrogens (tertiary/aromatic N) is 2. The largest absolute Gasteiger partial charge is 0.464 e. The highest BCUT2D eigenvalue weighted by Crippen LogP contribution is 2.08. The fraction of sp³-hybridized carbons (Fsp3) is 0.125. The summed E-state index contributed by atoms with van der Waals surface area (Å²) in [7, 11) is 1.25. The fourth-order valence-electron chi connectivity index (χ4n) is 1.19. The smallest absolute Gasteiger partial charge is 0.354 e. The van der Waals surface area contributed by atoms with Crippen LogP contribution in [-0.2, 0) is 4.74 Å². The van der Waals surface area contributed by atoms with E-state index in [1.807, 2.05) is 0 Å². The topological polar surface area (TPSA) is 76.5 Å². The summed E-state index contributed by atoms with van der Waals surface area (Å²) in [6.45, 7) is 0. The molecule has 0 aliphatic carbocycles. The molecule has 0 bridgehead atoms. The summed E-state index contributed by atoms with van der Waals surface area (Å²) < 4.78 is 6.16. The van der Waals surface area contributed by atoms with Gasteiger partial charge in [-0.25, -0.2) is 4.79 Å². The number of carbonyl (C=O) groups excluding carboxylic acids is 1. The molecule has 2 rings (SSSR count). The van der Waals surface area contributed by atoms with Crippen LogP contribution >= 0.6 is 15.9 Å². The second-order valence-corrected chi connectivity index (χ2v) is 3.59. The molecule has 0 atom stereocenters. The zero-order valence-corrected chi connectivity index (χ0v) is 9.24. The van der Waals surface area contributed by atoms with Crippen LogP contribution in [0.1, 0.15) is 10.5 Å². The zero-order chi connectivity index (χ0) is 11.0. The van der Waals surface area contributed by atoms with Crippen molar-refractivity contribution in [3.8, 4) is 0 Å². The monoisotopic (exact) mass is 271 g/mol. The number of esters is 1. The minimum atomic E-state index is -0.591. The lowest BCUT2D eigenvalue weighted by molar-refractivity contribution is 0.0594. The first kappa shape index (κ1) is 9.91. The van der Waals surface area contributed by atoms with Crippen LogP contribution in [0.4, 0.5) is 0 Å². The molecule has 2 aromatic rings. The van der Waals surface area contributed by atoms with Crippen molar-refractivity contribution >= 4 is 27.5 Å². The molecule has 0 aliphatic rings. The first-order valence-electron chi connectivity index (χ1n) is 3.99. The highest BCUT2D eigenvalue weighted by molar-refractivity contribution is 9.10. The molecular formula is C8H6BrN3O3. The molecule has 0 fully saturated rings. The predicted octanol–water partition coefficient (Wildman–Crippen LogP) is 0.572. The van der Waals surface area contributed by atoms with Gasteiger partial charge in [-0.3, -0.25) is 4.79 Å². The van der Waals surface area contributed by atoms with E-state index in [1.54, 1.807) is 6.07 Å². The molecule has 0 radical (unpaired) electrons. The normalized spacial score (nSPS) is 10.5. The van der Waals surface area contributed by atoms with Gasteiger partial charge < -0.3 is 9.72 Å². The Morgan fingerprint density at radius 3 is 3.00 bits per heavy atom. The van der Waals surface area contributed by atoms with Crippen LogP contribution in [0, 0.1) is 0 Å². The molecule has 0 amide bonds. The van der Waals surface area contributed by atoms with Crippen molar-refractivity contribution in [1.29, 1.82) is 0 Å². The molecule has 78 valence electrons. The number of aromatic amines is 1. The van der Waals surface area contributed by atoms with E-state index in [1.165, 1.54) is 7.11 Å². The molecule has 2 heterocycles. The van der Waals surface area contributed by atoms with Gasteiger partial charge in [-0.2, -0.15) is 9.61 Å². The van der Waals surface area contributed by atoms with Crippen molar-refractivity contribution in [1.82, 2.24) is 14.6 Å². The second kappa shape index (κ2) is 3.50. The van der Waals surface area contributed by atoms with Crippen LogP contribution < -0.4 is 5.56 Å². The van der Waals surface area contributed by atoms with Crippen LogP contribution in [0.15, 0.2) is 21.5 Å². The number of nitrogens with one attached hydrogen (secondary N) is 1. The van der Waals surface area contributed by atoms with E-state index >= 15 is 0 Å². The Labute approximate surface area is 92.0 Å². The van der Waals surface area contributed by atoms with Gasteiger partial charge in [0.25, 0.3) is 5.56 Å². The molecule has 0 saturated heterocycles. The number of rotatable bonds is 1. The SMILES string of the molecule is COC(=O)c1cc(=O)n2nc(Br)cc2[nH]1. The van der Waals surface area contributed by atoms with Gasteiger partial charge >= 0.3 is 5.97 Å². The molecule has 2 aromatic heterocycles. The summed E-state index contributed by atoms with van der Waals surface area (Å²) in [5.74, 6) is -0.591. The van der Waals surface area contributed by atoms with Crippen molar-refractivity contribution in [3.63, 3.8) is 0 Å². The third kappa shape index (κ3) is 1.65. The maximum absolute atomic E-state index is 11.5. The summed E-state index contributed by atoms with van der Waals surface area (Å²) in [6, 6.07) is 2.73. The summed E-state index contributed by atoms with van der Waals surface area (Å²) >= 11 is 3.13. The summed E-state index contributed by atoms with van der Waals surface area (Å²) in [4.78, 5) is 25.4. The molecule has 0 unspecified atom stereocenters. The first-order chi connectivity index (χ1) is 7.11. The van der Waals surface area contributed by atoms with Gasteiger partial charge in [0.1, 0.15) is 15.9 Å². The summed E-state index contributed by atoms with van der Waals surface area (Å²) in [5, 5.41) is 3.88. The number of ether oxygens (including phenoxy) is 1. The van der Waals surface area contributed by atoms with Crippen LogP contribution in [0.5, 0.6) is 0 Å². The average Bonchev–Trinajstić information content (AvgIpc) is 2.58. The number of methoxy groups -OCH3 is 1. The summed E-state index contributed by atoms with van der Waals surface area (Å²) in [5.41, 5.74) is 0.132. The minimum Gasteiger partial charge on any atom is -0.464 e. The van der Waals surface area contributed by atoms with E-state index in [2.05, 4.69) is 30.7 Å². The molecule has 0 spiro atoms. The second-order valence-electron chi connectivity index (χ2n) is 2.78. The van der Waals surface area contributed by atoms with Crippen LogP contribution in [0.3, 0.4) is 0 Å². The summed E-state index contributed by atoms with van der Waals surface area (Å²) in [6.07, 6.45) is 0. The van der Waals surface area contributed by atoms with Gasteiger partial charge in [-0.15, -0.1) is 0 Å². The number of hydrogen-bond acceptors (Lipinski definition) is 4. The number of H-pyrrole nitrogens is 1. The maximum Gasteiger partial charge on any atom is 0.354 e. The lowest BCUT2D eigenvalue weighted by Crippen LogP contribution is -2.18. The molecule has 6 nitrogen and oxygen atoms in total.